The first-order valence-corrected chi connectivity index (χ1v) is 10.0. The van der Waals surface area contributed by atoms with Crippen molar-refractivity contribution in [3.63, 3.8) is 0 Å². The van der Waals surface area contributed by atoms with Crippen molar-refractivity contribution in [1.82, 2.24) is 15.6 Å². The van der Waals surface area contributed by atoms with E-state index in [0.717, 1.165) is 36.3 Å². The Morgan fingerprint density at radius 2 is 2.11 bits per heavy atom. The molecule has 6 nitrogen and oxygen atoms in total. The Balaban J connectivity index is 1.54. The van der Waals surface area contributed by atoms with E-state index in [0.29, 0.717) is 31.3 Å². The number of piperidine rings is 1. The van der Waals surface area contributed by atoms with Crippen molar-refractivity contribution in [2.75, 3.05) is 25.6 Å². The Kier molecular flexibility index (Phi) is 5.59. The third-order valence-corrected chi connectivity index (χ3v) is 5.79. The lowest BCUT2D eigenvalue weighted by atomic mass is 9.92. The Bertz CT molecular complexity index is 840. The average molecular weight is 380 g/mol. The zero-order chi connectivity index (χ0) is 19.5. The highest BCUT2D eigenvalue weighted by molar-refractivity contribution is 5.95. The zero-order valence-electron chi connectivity index (χ0n) is 16.6. The van der Waals surface area contributed by atoms with Crippen molar-refractivity contribution in [3.05, 3.63) is 53.2 Å². The summed E-state index contributed by atoms with van der Waals surface area (Å²) in [5.41, 5.74) is 4.13. The van der Waals surface area contributed by atoms with E-state index in [2.05, 4.69) is 52.0 Å². The van der Waals surface area contributed by atoms with Crippen molar-refractivity contribution in [2.45, 2.75) is 44.3 Å². The summed E-state index contributed by atoms with van der Waals surface area (Å²) >= 11 is 0. The fourth-order valence-corrected chi connectivity index (χ4v) is 4.23. The number of nitrogens with one attached hydrogen (secondary N) is 2. The molecule has 1 saturated heterocycles. The average Bonchev–Trinajstić information content (AvgIpc) is 2.75. The number of anilines is 1. The van der Waals surface area contributed by atoms with Crippen LogP contribution in [0.15, 0.2) is 36.4 Å². The summed E-state index contributed by atoms with van der Waals surface area (Å²) in [6.45, 7) is 1.69. The van der Waals surface area contributed by atoms with E-state index < -0.39 is 0 Å². The van der Waals surface area contributed by atoms with E-state index in [1.807, 2.05) is 7.05 Å². The van der Waals surface area contributed by atoms with Gasteiger partial charge in [-0.3, -0.25) is 4.79 Å². The standard InChI is InChI=1S/C22H28N4O2/c1-26-19-13-16(22(28-2)25-17(19)10-11-20(26)27)14-24-18-9-6-12-23-21(18)15-7-4-3-5-8-15/h3-5,7-8,13,18,21,23-24H,6,9-12,14H2,1-2H3/t18-,21-/m0/s1. The van der Waals surface area contributed by atoms with E-state index in [1.54, 1.807) is 12.0 Å². The molecule has 0 radical (unpaired) electrons. The highest BCUT2D eigenvalue weighted by Gasteiger charge is 2.27. The molecule has 2 aliphatic rings. The summed E-state index contributed by atoms with van der Waals surface area (Å²) in [7, 11) is 3.48. The number of hydrogen-bond donors (Lipinski definition) is 2. The SMILES string of the molecule is COc1nc2c(cc1CN[C@H]1CCCN[C@H]1c1ccccc1)N(C)C(=O)CC2. The Hall–Kier alpha value is -2.44. The van der Waals surface area contributed by atoms with Gasteiger partial charge < -0.3 is 20.3 Å². The molecule has 4 rings (SSSR count). The Labute approximate surface area is 166 Å². The quantitative estimate of drug-likeness (QED) is 0.835. The first-order chi connectivity index (χ1) is 13.7. The van der Waals surface area contributed by atoms with Gasteiger partial charge in [-0.15, -0.1) is 0 Å². The van der Waals surface area contributed by atoms with E-state index >= 15 is 0 Å². The van der Waals surface area contributed by atoms with Gasteiger partial charge in [-0.25, -0.2) is 4.98 Å². The number of carbonyl (C=O) groups is 1. The number of pyridine rings is 1. The van der Waals surface area contributed by atoms with Crippen LogP contribution in [-0.2, 0) is 17.8 Å². The van der Waals surface area contributed by atoms with Crippen LogP contribution in [0.3, 0.4) is 0 Å². The number of methoxy groups -OCH3 is 1. The minimum atomic E-state index is 0.138. The summed E-state index contributed by atoms with van der Waals surface area (Å²) in [6.07, 6.45) is 3.44. The molecule has 2 aromatic rings. The first kappa shape index (κ1) is 18.9. The molecule has 0 saturated carbocycles. The number of nitrogens with zero attached hydrogens (tertiary/aromatic N) is 2. The van der Waals surface area contributed by atoms with Crippen LogP contribution < -0.4 is 20.3 Å². The second-order valence-electron chi connectivity index (χ2n) is 7.55. The van der Waals surface area contributed by atoms with E-state index in [4.69, 9.17) is 4.74 Å². The molecule has 1 fully saturated rings. The van der Waals surface area contributed by atoms with Gasteiger partial charge in [-0.1, -0.05) is 30.3 Å². The van der Waals surface area contributed by atoms with Gasteiger partial charge in [0.15, 0.2) is 0 Å². The second kappa shape index (κ2) is 8.29. The molecule has 0 spiro atoms. The fraction of sp³-hybridized carbons (Fsp3) is 0.455. The molecule has 1 amide bonds. The van der Waals surface area contributed by atoms with Gasteiger partial charge in [0.05, 0.1) is 18.5 Å². The first-order valence-electron chi connectivity index (χ1n) is 10.0. The number of rotatable bonds is 5. The van der Waals surface area contributed by atoms with E-state index in [9.17, 15) is 4.79 Å². The number of benzene rings is 1. The molecule has 0 unspecified atom stereocenters. The van der Waals surface area contributed by atoms with Crippen LogP contribution in [0.25, 0.3) is 0 Å². The minimum Gasteiger partial charge on any atom is -0.481 e. The summed E-state index contributed by atoms with van der Waals surface area (Å²) in [5.74, 6) is 0.785. The van der Waals surface area contributed by atoms with Crippen LogP contribution in [-0.4, -0.2) is 37.6 Å². The largest absolute Gasteiger partial charge is 0.481 e. The van der Waals surface area contributed by atoms with Gasteiger partial charge in [-0.05, 0) is 31.0 Å². The van der Waals surface area contributed by atoms with Gasteiger partial charge in [0.1, 0.15) is 0 Å². The molecule has 2 N–H and O–H groups in total. The van der Waals surface area contributed by atoms with Crippen LogP contribution in [0.4, 0.5) is 5.69 Å². The van der Waals surface area contributed by atoms with Gasteiger partial charge >= 0.3 is 0 Å². The van der Waals surface area contributed by atoms with Crippen LogP contribution in [0.5, 0.6) is 5.88 Å². The molecule has 28 heavy (non-hydrogen) atoms. The van der Waals surface area contributed by atoms with E-state index in [1.165, 1.54) is 5.56 Å². The third kappa shape index (κ3) is 3.75. The maximum atomic E-state index is 12.1. The molecule has 2 atom stereocenters. The van der Waals surface area contributed by atoms with Crippen LogP contribution in [0, 0.1) is 0 Å². The van der Waals surface area contributed by atoms with Crippen LogP contribution in [0.2, 0.25) is 0 Å². The van der Waals surface area contributed by atoms with Crippen molar-refractivity contribution < 1.29 is 9.53 Å². The lowest BCUT2D eigenvalue weighted by Gasteiger charge is -2.34. The number of carbonyl (C=O) groups excluding carboxylic acids is 1. The minimum absolute atomic E-state index is 0.138. The topological polar surface area (TPSA) is 66.5 Å². The Morgan fingerprint density at radius 1 is 1.29 bits per heavy atom. The molecule has 0 aliphatic carbocycles. The monoisotopic (exact) mass is 380 g/mol. The Morgan fingerprint density at radius 3 is 2.89 bits per heavy atom. The molecular weight excluding hydrogens is 352 g/mol. The number of amides is 1. The number of ether oxygens (including phenoxy) is 1. The second-order valence-corrected chi connectivity index (χ2v) is 7.55. The third-order valence-electron chi connectivity index (χ3n) is 5.79. The summed E-state index contributed by atoms with van der Waals surface area (Å²) in [6, 6.07) is 13.3. The zero-order valence-corrected chi connectivity index (χ0v) is 16.6. The summed E-state index contributed by atoms with van der Waals surface area (Å²) in [4.78, 5) is 18.5. The molecule has 148 valence electrons. The van der Waals surface area contributed by atoms with Gasteiger partial charge in [0.2, 0.25) is 11.8 Å². The number of aromatic nitrogens is 1. The predicted octanol–water partition coefficient (Wildman–Crippen LogP) is 2.58. The molecule has 3 heterocycles. The summed E-state index contributed by atoms with van der Waals surface area (Å²) in [5, 5.41) is 7.36. The molecule has 2 aliphatic heterocycles. The number of aryl methyl sites for hydroxylation is 1. The van der Waals surface area contributed by atoms with Crippen molar-refractivity contribution in [1.29, 1.82) is 0 Å². The highest BCUT2D eigenvalue weighted by Crippen LogP contribution is 2.31. The normalized spacial score (nSPS) is 22.1. The van der Waals surface area contributed by atoms with Crippen LogP contribution in [0.1, 0.15) is 42.1 Å². The maximum absolute atomic E-state index is 12.1. The number of hydrogen-bond acceptors (Lipinski definition) is 5. The highest BCUT2D eigenvalue weighted by atomic mass is 16.5. The number of fused-ring (bicyclic) bond motifs is 1. The maximum Gasteiger partial charge on any atom is 0.227 e. The van der Waals surface area contributed by atoms with Crippen LogP contribution >= 0.6 is 0 Å². The predicted molar refractivity (Wildman–Crippen MR) is 110 cm³/mol. The van der Waals surface area contributed by atoms with Crippen molar-refractivity contribution in [2.24, 2.45) is 0 Å². The molecule has 0 bridgehead atoms. The molecule has 1 aromatic heterocycles. The van der Waals surface area contributed by atoms with Crippen molar-refractivity contribution in [3.8, 4) is 5.88 Å². The molecule has 1 aromatic carbocycles. The van der Waals surface area contributed by atoms with Crippen molar-refractivity contribution >= 4 is 11.6 Å². The lowest BCUT2D eigenvalue weighted by Crippen LogP contribution is -2.45. The van der Waals surface area contributed by atoms with Gasteiger partial charge in [-0.2, -0.15) is 0 Å². The van der Waals surface area contributed by atoms with E-state index in [-0.39, 0.29) is 11.9 Å². The van der Waals surface area contributed by atoms with Gasteiger partial charge in [0.25, 0.3) is 0 Å². The smallest absolute Gasteiger partial charge is 0.227 e. The molecular formula is C22H28N4O2. The molecule has 6 heteroatoms. The lowest BCUT2D eigenvalue weighted by molar-refractivity contribution is -0.118. The van der Waals surface area contributed by atoms with Gasteiger partial charge in [0, 0.05) is 44.1 Å². The fourth-order valence-electron chi connectivity index (χ4n) is 4.23. The summed E-state index contributed by atoms with van der Waals surface area (Å²) < 4.78 is 5.55.